The number of hydrogen-bond donors (Lipinski definition) is 0. The molecule has 4 aliphatic carbocycles. The lowest BCUT2D eigenvalue weighted by Crippen LogP contribution is -2.41. The molecule has 0 N–H and O–H groups in total. The Morgan fingerprint density at radius 1 is 0.264 bits per heavy atom. The number of nitrogens with zero attached hydrogens (tertiary/aromatic N) is 6. The van der Waals surface area contributed by atoms with Crippen LogP contribution in [0.3, 0.4) is 0 Å². The van der Waals surface area contributed by atoms with Crippen LogP contribution < -0.4 is 5.46 Å². The highest BCUT2D eigenvalue weighted by Gasteiger charge is 2.54. The molecule has 3 fully saturated rings. The van der Waals surface area contributed by atoms with Gasteiger partial charge in [-0.1, -0.05) is 335 Å². The van der Waals surface area contributed by atoms with Crippen molar-refractivity contribution < 1.29 is 9.31 Å². The summed E-state index contributed by atoms with van der Waals surface area (Å²) >= 11 is 6.15. The molecule has 1 aliphatic heterocycles. The van der Waals surface area contributed by atoms with Gasteiger partial charge < -0.3 is 9.31 Å². The Bertz CT molecular complexity index is 5380. The molecule has 0 unspecified atom stereocenters. The van der Waals surface area contributed by atoms with Crippen molar-refractivity contribution in [2.45, 2.75) is 114 Å². The molecule has 0 radical (unpaired) electrons. The smallest absolute Gasteiger partial charge is 0.399 e. The SMILES string of the molecule is CC1(C)OB(c2cccc3c2-c2ccccc2C32CCCCC2)OC1(C)C.Clc1cccc(-c2ccc(-c3nc(-c4ccccc4)nc(-c4ccccc4)n3)cc2)c1.c1ccc(-c2nc(-c3ccccc3)nc(-c3ccc(-c4cccc(-c5cccc6c5-c5ccccc5C65CCCCC5)c4)cc3)n2)cc1. The first-order valence-electron chi connectivity index (χ1n) is 37.5. The van der Waals surface area contributed by atoms with Crippen LogP contribution in [0, 0.1) is 0 Å². The van der Waals surface area contributed by atoms with Gasteiger partial charge in [-0.3, -0.25) is 0 Å². The van der Waals surface area contributed by atoms with E-state index in [1.54, 1.807) is 0 Å². The van der Waals surface area contributed by atoms with Gasteiger partial charge in [0, 0.05) is 49.2 Å². The molecule has 0 amide bonds. The molecule has 3 heterocycles. The van der Waals surface area contributed by atoms with Gasteiger partial charge in [0.25, 0.3) is 0 Å². The number of fused-ring (bicyclic) bond motifs is 10. The first-order chi connectivity index (χ1) is 51.9. The van der Waals surface area contributed by atoms with Crippen LogP contribution in [0.2, 0.25) is 5.02 Å². The fraction of sp³-hybridized carbons (Fsp3) is 0.188. The van der Waals surface area contributed by atoms with Gasteiger partial charge in [0.2, 0.25) is 0 Å². The lowest BCUT2D eigenvalue weighted by molar-refractivity contribution is 0.00578. The second-order valence-electron chi connectivity index (χ2n) is 29.8. The van der Waals surface area contributed by atoms with Crippen LogP contribution in [-0.2, 0) is 20.1 Å². The molecule has 5 aliphatic rings. The van der Waals surface area contributed by atoms with Crippen LogP contribution in [0.15, 0.2) is 303 Å². The maximum absolute atomic E-state index is 6.44. The maximum Gasteiger partial charge on any atom is 0.495 e. The Morgan fingerprint density at radius 3 is 0.991 bits per heavy atom. The highest BCUT2D eigenvalue weighted by atomic mass is 35.5. The van der Waals surface area contributed by atoms with Crippen molar-refractivity contribution in [2.75, 3.05) is 0 Å². The number of hydrogen-bond acceptors (Lipinski definition) is 8. The molecule has 14 aromatic rings. The van der Waals surface area contributed by atoms with Gasteiger partial charge in [0.05, 0.1) is 11.2 Å². The molecule has 518 valence electrons. The molecule has 12 aromatic carbocycles. The minimum absolute atomic E-state index is 0.156. The second-order valence-corrected chi connectivity index (χ2v) is 30.2. The Labute approximate surface area is 627 Å². The minimum atomic E-state index is -0.318. The molecule has 0 bridgehead atoms. The van der Waals surface area contributed by atoms with E-state index in [0.717, 1.165) is 55.1 Å². The fourth-order valence-corrected chi connectivity index (χ4v) is 17.1. The molecule has 19 rings (SSSR count). The van der Waals surface area contributed by atoms with Crippen LogP contribution >= 0.6 is 11.6 Å². The van der Waals surface area contributed by atoms with Crippen LogP contribution in [0.4, 0.5) is 0 Å². The number of aromatic nitrogens is 6. The Morgan fingerprint density at radius 2 is 0.566 bits per heavy atom. The second kappa shape index (κ2) is 28.8. The summed E-state index contributed by atoms with van der Waals surface area (Å²) in [6, 6.07) is 106. The van der Waals surface area contributed by atoms with Crippen molar-refractivity contribution in [2.24, 2.45) is 0 Å². The van der Waals surface area contributed by atoms with E-state index in [4.69, 9.17) is 50.8 Å². The number of rotatable bonds is 10. The highest BCUT2D eigenvalue weighted by Crippen LogP contribution is 2.59. The fourth-order valence-electron chi connectivity index (χ4n) is 16.9. The summed E-state index contributed by atoms with van der Waals surface area (Å²) in [4.78, 5) is 29.0. The van der Waals surface area contributed by atoms with Crippen molar-refractivity contribution >= 4 is 24.2 Å². The summed E-state index contributed by atoms with van der Waals surface area (Å²) in [5.74, 6) is 3.96. The monoisotopic (exact) mass is 1400 g/mol. The average molecular weight is 1400 g/mol. The van der Waals surface area contributed by atoms with Gasteiger partial charge in [0.1, 0.15) is 0 Å². The number of benzene rings is 12. The number of halogens is 1. The van der Waals surface area contributed by atoms with E-state index in [2.05, 4.69) is 173 Å². The van der Waals surface area contributed by atoms with E-state index in [0.29, 0.717) is 34.9 Å². The van der Waals surface area contributed by atoms with Gasteiger partial charge in [-0.15, -0.1) is 0 Å². The molecule has 2 spiro atoms. The maximum atomic E-state index is 6.44. The Hall–Kier alpha value is -11.1. The Kier molecular flexibility index (Phi) is 18.5. The first-order valence-corrected chi connectivity index (χ1v) is 37.9. The van der Waals surface area contributed by atoms with Gasteiger partial charge in [0.15, 0.2) is 34.9 Å². The third-order valence-electron chi connectivity index (χ3n) is 22.9. The predicted molar refractivity (Wildman–Crippen MR) is 434 cm³/mol. The molecule has 2 saturated carbocycles. The zero-order chi connectivity index (χ0) is 71.8. The van der Waals surface area contributed by atoms with Gasteiger partial charge in [-0.2, -0.15) is 0 Å². The van der Waals surface area contributed by atoms with E-state index >= 15 is 0 Å². The summed E-state index contributed by atoms with van der Waals surface area (Å²) < 4.78 is 12.9. The van der Waals surface area contributed by atoms with E-state index in [9.17, 15) is 0 Å². The normalized spacial score (nSPS) is 15.8. The molecule has 106 heavy (non-hydrogen) atoms. The summed E-state index contributed by atoms with van der Waals surface area (Å²) in [7, 11) is -0.309. The van der Waals surface area contributed by atoms with Crippen molar-refractivity contribution in [1.29, 1.82) is 0 Å². The van der Waals surface area contributed by atoms with Crippen molar-refractivity contribution in [3.05, 3.63) is 331 Å². The lowest BCUT2D eigenvalue weighted by atomic mass is 9.66. The average Bonchev–Trinajstić information content (AvgIpc) is 1.56. The summed E-state index contributed by atoms with van der Waals surface area (Å²) in [6.07, 6.45) is 12.9. The minimum Gasteiger partial charge on any atom is -0.399 e. The van der Waals surface area contributed by atoms with Crippen molar-refractivity contribution in [1.82, 2.24) is 29.9 Å². The van der Waals surface area contributed by atoms with Gasteiger partial charge in [-0.05, 0) is 155 Å². The van der Waals surface area contributed by atoms with Crippen LogP contribution in [0.5, 0.6) is 0 Å². The third kappa shape index (κ3) is 13.0. The van der Waals surface area contributed by atoms with Crippen molar-refractivity contribution in [3.8, 4) is 124 Å². The summed E-state index contributed by atoms with van der Waals surface area (Å²) in [5, 5.41) is 0.721. The van der Waals surface area contributed by atoms with Gasteiger partial charge >= 0.3 is 7.12 Å². The van der Waals surface area contributed by atoms with E-state index < -0.39 is 0 Å². The molecule has 1 saturated heterocycles. The molecule has 0 atom stereocenters. The standard InChI is InChI=1S/C45H35N3.C27H18ClN3.C24H29BO2/c1-4-14-32(15-5-1)42-46-43(33-16-6-2-7-17-33)48-44(47-42)34-26-24-31(25-27-34)35-18-12-19-36(30-35)37-21-13-23-40-41(37)38-20-8-9-22-39(38)45(40)28-10-3-11-29-45;28-24-13-7-12-23(18-24)19-14-16-22(17-15-19)27-30-25(20-8-3-1-4-9-20)29-26(31-27)21-10-5-2-6-11-21;1-22(2)23(3,4)27-25(26-22)20-14-10-13-19-21(20)17-11-6-7-12-18(17)24(19)15-8-5-9-16-24/h1-2,4-9,12-27,30H,3,10-11,28-29H2;1-18H;6-7,10-14H,5,8-9,15-16H2,1-4H3. The zero-order valence-corrected chi connectivity index (χ0v) is 61.1. The topological polar surface area (TPSA) is 95.8 Å². The van der Waals surface area contributed by atoms with E-state index in [-0.39, 0.29) is 29.2 Å². The molecular weight excluding hydrogens is 1320 g/mol. The quantitative estimate of drug-likeness (QED) is 0.125. The predicted octanol–water partition coefficient (Wildman–Crippen LogP) is 23.8. The molecule has 8 nitrogen and oxygen atoms in total. The Balaban J connectivity index is 0.000000124. The molecule has 10 heteroatoms. The van der Waals surface area contributed by atoms with Crippen molar-refractivity contribution in [3.63, 3.8) is 0 Å². The summed E-state index contributed by atoms with van der Waals surface area (Å²) in [5.41, 5.74) is 25.4. The van der Waals surface area contributed by atoms with Crippen LogP contribution in [0.1, 0.15) is 114 Å². The zero-order valence-electron chi connectivity index (χ0n) is 60.4. The molecular formula is C96H82BClN6O2. The van der Waals surface area contributed by atoms with Gasteiger partial charge in [-0.25, -0.2) is 29.9 Å². The van der Waals surface area contributed by atoms with E-state index in [1.807, 2.05) is 158 Å². The summed E-state index contributed by atoms with van der Waals surface area (Å²) in [6.45, 7) is 8.53. The molecule has 2 aromatic heterocycles. The highest BCUT2D eigenvalue weighted by molar-refractivity contribution is 6.64. The van der Waals surface area contributed by atoms with Crippen LogP contribution in [-0.4, -0.2) is 48.2 Å². The lowest BCUT2D eigenvalue weighted by Gasteiger charge is -2.36. The third-order valence-corrected chi connectivity index (χ3v) is 23.1. The largest absolute Gasteiger partial charge is 0.495 e. The van der Waals surface area contributed by atoms with E-state index in [1.165, 1.54) is 131 Å². The first kappa shape index (κ1) is 68.1. The van der Waals surface area contributed by atoms with Crippen LogP contribution in [0.25, 0.3) is 124 Å².